The van der Waals surface area contributed by atoms with Gasteiger partial charge in [-0.2, -0.15) is 0 Å². The van der Waals surface area contributed by atoms with Crippen LogP contribution in [0.5, 0.6) is 0 Å². The van der Waals surface area contributed by atoms with Crippen LogP contribution in [-0.4, -0.2) is 45.3 Å². The number of hydrogen-bond acceptors (Lipinski definition) is 4. The van der Waals surface area contributed by atoms with Gasteiger partial charge in [0.15, 0.2) is 5.82 Å². The molecule has 1 fully saturated rings. The minimum Gasteiger partial charge on any atom is -0.366 e. The van der Waals surface area contributed by atoms with Gasteiger partial charge in [-0.25, -0.2) is 4.39 Å². The van der Waals surface area contributed by atoms with Crippen LogP contribution < -0.4 is 0 Å². The van der Waals surface area contributed by atoms with E-state index in [1.54, 1.807) is 23.4 Å². The van der Waals surface area contributed by atoms with E-state index in [1.807, 2.05) is 18.4 Å². The maximum absolute atomic E-state index is 14.0. The Morgan fingerprint density at radius 2 is 2.30 bits per heavy atom. The molecule has 23 heavy (non-hydrogen) atoms. The van der Waals surface area contributed by atoms with Gasteiger partial charge >= 0.3 is 0 Å². The lowest BCUT2D eigenvalue weighted by atomic mass is 10.1. The number of carbonyl (C=O) groups excluding carboxylic acids is 1. The van der Waals surface area contributed by atoms with Crippen molar-refractivity contribution in [2.45, 2.75) is 26.5 Å². The minimum atomic E-state index is -0.500. The average Bonchev–Trinajstić information content (AvgIpc) is 3.05. The Morgan fingerprint density at radius 1 is 1.48 bits per heavy atom. The Labute approximate surface area is 133 Å². The summed E-state index contributed by atoms with van der Waals surface area (Å²) in [5.74, 6) is -0.128. The number of hydrogen-bond donors (Lipinski definition) is 0. The van der Waals surface area contributed by atoms with E-state index in [0.717, 1.165) is 12.1 Å². The molecule has 1 unspecified atom stereocenters. The van der Waals surface area contributed by atoms with Crippen molar-refractivity contribution in [1.82, 2.24) is 19.7 Å². The molecule has 3 rings (SSSR count). The molecular weight excluding hydrogens is 299 g/mol. The molecule has 2 heterocycles. The van der Waals surface area contributed by atoms with Gasteiger partial charge in [-0.1, -0.05) is 11.6 Å². The Hall–Kier alpha value is -2.28. The van der Waals surface area contributed by atoms with Gasteiger partial charge in [-0.05, 0) is 26.0 Å². The Morgan fingerprint density at radius 3 is 3.09 bits per heavy atom. The number of rotatable bonds is 3. The summed E-state index contributed by atoms with van der Waals surface area (Å²) in [6, 6.07) is 4.56. The second kappa shape index (κ2) is 6.45. The molecule has 1 atom stereocenters. The van der Waals surface area contributed by atoms with E-state index in [4.69, 9.17) is 4.74 Å². The summed E-state index contributed by atoms with van der Waals surface area (Å²) < 4.78 is 21.6. The first kappa shape index (κ1) is 15.6. The molecule has 1 aromatic carbocycles. The van der Waals surface area contributed by atoms with Crippen LogP contribution in [0.25, 0.3) is 0 Å². The standard InChI is InChI=1S/C16H19FN4O2/c1-3-20-10-18-19-15(20)14-9-21(6-7-23-14)16(22)12-8-11(2)4-5-13(12)17/h4-5,8,10,14H,3,6-7,9H2,1-2H3. The lowest BCUT2D eigenvalue weighted by Gasteiger charge is -2.32. The third-order valence-electron chi connectivity index (χ3n) is 3.98. The van der Waals surface area contributed by atoms with Crippen LogP contribution in [0.1, 0.15) is 34.8 Å². The summed E-state index contributed by atoms with van der Waals surface area (Å²) in [7, 11) is 0. The fourth-order valence-corrected chi connectivity index (χ4v) is 2.72. The van der Waals surface area contributed by atoms with E-state index in [9.17, 15) is 9.18 Å². The van der Waals surface area contributed by atoms with Crippen LogP contribution in [-0.2, 0) is 11.3 Å². The quantitative estimate of drug-likeness (QED) is 0.868. The van der Waals surface area contributed by atoms with Gasteiger partial charge in [0, 0.05) is 13.1 Å². The molecule has 122 valence electrons. The molecule has 1 aliphatic heterocycles. The number of halogens is 1. The Kier molecular flexibility index (Phi) is 4.38. The van der Waals surface area contributed by atoms with Crippen LogP contribution in [0.15, 0.2) is 24.5 Å². The Balaban J connectivity index is 1.81. The van der Waals surface area contributed by atoms with Crippen LogP contribution in [0.2, 0.25) is 0 Å². The number of benzene rings is 1. The number of aromatic nitrogens is 3. The molecule has 1 saturated heterocycles. The van der Waals surface area contributed by atoms with Crippen molar-refractivity contribution in [3.8, 4) is 0 Å². The van der Waals surface area contributed by atoms with E-state index in [2.05, 4.69) is 10.2 Å². The molecule has 0 bridgehead atoms. The fourth-order valence-electron chi connectivity index (χ4n) is 2.72. The van der Waals surface area contributed by atoms with E-state index in [1.165, 1.54) is 6.07 Å². The van der Waals surface area contributed by atoms with Crippen LogP contribution in [0.4, 0.5) is 4.39 Å². The van der Waals surface area contributed by atoms with Crippen molar-refractivity contribution in [3.05, 3.63) is 47.3 Å². The summed E-state index contributed by atoms with van der Waals surface area (Å²) in [5.41, 5.74) is 0.952. The van der Waals surface area contributed by atoms with Gasteiger partial charge in [-0.3, -0.25) is 4.79 Å². The van der Waals surface area contributed by atoms with Gasteiger partial charge in [-0.15, -0.1) is 10.2 Å². The second-order valence-corrected chi connectivity index (χ2v) is 5.57. The van der Waals surface area contributed by atoms with Crippen LogP contribution >= 0.6 is 0 Å². The summed E-state index contributed by atoms with van der Waals surface area (Å²) in [6.07, 6.45) is 1.29. The minimum absolute atomic E-state index is 0.0996. The van der Waals surface area contributed by atoms with Gasteiger partial charge in [0.1, 0.15) is 18.2 Å². The topological polar surface area (TPSA) is 60.2 Å². The zero-order chi connectivity index (χ0) is 16.4. The molecule has 1 amide bonds. The molecule has 0 aliphatic carbocycles. The van der Waals surface area contributed by atoms with Crippen molar-refractivity contribution in [2.24, 2.45) is 0 Å². The first-order valence-electron chi connectivity index (χ1n) is 7.65. The Bertz CT molecular complexity index is 716. The fraction of sp³-hybridized carbons (Fsp3) is 0.438. The predicted octanol–water partition coefficient (Wildman–Crippen LogP) is 1.96. The van der Waals surface area contributed by atoms with Gasteiger partial charge in [0.05, 0.1) is 18.7 Å². The number of morpholine rings is 1. The number of carbonyl (C=O) groups is 1. The molecule has 0 N–H and O–H groups in total. The smallest absolute Gasteiger partial charge is 0.257 e. The van der Waals surface area contributed by atoms with E-state index in [0.29, 0.717) is 25.5 Å². The molecule has 1 aliphatic rings. The van der Waals surface area contributed by atoms with Crippen molar-refractivity contribution in [1.29, 1.82) is 0 Å². The molecule has 0 radical (unpaired) electrons. The predicted molar refractivity (Wildman–Crippen MR) is 81.4 cm³/mol. The van der Waals surface area contributed by atoms with Gasteiger partial charge in [0.25, 0.3) is 5.91 Å². The zero-order valence-electron chi connectivity index (χ0n) is 13.2. The van der Waals surface area contributed by atoms with E-state index < -0.39 is 5.82 Å². The zero-order valence-corrected chi connectivity index (χ0v) is 13.2. The summed E-state index contributed by atoms with van der Waals surface area (Å²) in [6.45, 7) is 5.71. The van der Waals surface area contributed by atoms with Crippen LogP contribution in [0, 0.1) is 12.7 Å². The highest BCUT2D eigenvalue weighted by molar-refractivity contribution is 5.94. The first-order valence-corrected chi connectivity index (χ1v) is 7.65. The molecule has 7 heteroatoms. The van der Waals surface area contributed by atoms with E-state index in [-0.39, 0.29) is 17.6 Å². The molecule has 2 aromatic rings. The van der Waals surface area contributed by atoms with Crippen LogP contribution in [0.3, 0.4) is 0 Å². The van der Waals surface area contributed by atoms with Gasteiger partial charge in [0.2, 0.25) is 0 Å². The highest BCUT2D eigenvalue weighted by atomic mass is 19.1. The molecular formula is C16H19FN4O2. The average molecular weight is 318 g/mol. The maximum atomic E-state index is 14.0. The number of amides is 1. The summed E-state index contributed by atoms with van der Waals surface area (Å²) >= 11 is 0. The highest BCUT2D eigenvalue weighted by Crippen LogP contribution is 2.22. The van der Waals surface area contributed by atoms with Crippen molar-refractivity contribution >= 4 is 5.91 Å². The highest BCUT2D eigenvalue weighted by Gasteiger charge is 2.30. The summed E-state index contributed by atoms with van der Waals surface area (Å²) in [4.78, 5) is 14.2. The third kappa shape index (κ3) is 3.10. The van der Waals surface area contributed by atoms with Gasteiger partial charge < -0.3 is 14.2 Å². The molecule has 0 spiro atoms. The van der Waals surface area contributed by atoms with Crippen molar-refractivity contribution < 1.29 is 13.9 Å². The summed E-state index contributed by atoms with van der Waals surface area (Å²) in [5, 5.41) is 7.98. The number of nitrogens with zero attached hydrogens (tertiary/aromatic N) is 4. The van der Waals surface area contributed by atoms with E-state index >= 15 is 0 Å². The normalized spacial score (nSPS) is 18.2. The third-order valence-corrected chi connectivity index (χ3v) is 3.98. The number of aryl methyl sites for hydroxylation is 2. The monoisotopic (exact) mass is 318 g/mol. The largest absolute Gasteiger partial charge is 0.366 e. The lowest BCUT2D eigenvalue weighted by Crippen LogP contribution is -2.43. The van der Waals surface area contributed by atoms with Crippen molar-refractivity contribution in [2.75, 3.05) is 19.7 Å². The molecule has 1 aromatic heterocycles. The maximum Gasteiger partial charge on any atom is 0.257 e. The first-order chi connectivity index (χ1) is 11.1. The van der Waals surface area contributed by atoms with Crippen molar-refractivity contribution in [3.63, 3.8) is 0 Å². The number of ether oxygens (including phenoxy) is 1. The second-order valence-electron chi connectivity index (χ2n) is 5.57. The molecule has 0 saturated carbocycles. The lowest BCUT2D eigenvalue weighted by molar-refractivity contribution is -0.0285. The SMILES string of the molecule is CCn1cnnc1C1CN(C(=O)c2cc(C)ccc2F)CCO1. The molecule has 6 nitrogen and oxygen atoms in total.